The number of ether oxygens (including phenoxy) is 2. The number of hydrogen-bond acceptors (Lipinski definition) is 6. The highest BCUT2D eigenvalue weighted by Crippen LogP contribution is 2.34. The number of anilines is 1. The van der Waals surface area contributed by atoms with E-state index >= 15 is 0 Å². The lowest BCUT2D eigenvalue weighted by Gasteiger charge is -2.31. The van der Waals surface area contributed by atoms with Gasteiger partial charge < -0.3 is 14.4 Å². The summed E-state index contributed by atoms with van der Waals surface area (Å²) in [7, 11) is 0. The molecule has 2 aliphatic rings. The highest BCUT2D eigenvalue weighted by molar-refractivity contribution is 5.33. The van der Waals surface area contributed by atoms with Crippen LogP contribution in [0.3, 0.4) is 0 Å². The van der Waals surface area contributed by atoms with Crippen LogP contribution < -0.4 is 4.90 Å². The Morgan fingerprint density at radius 1 is 1.25 bits per heavy atom. The molecule has 1 aliphatic heterocycles. The van der Waals surface area contributed by atoms with Gasteiger partial charge in [-0.2, -0.15) is 0 Å². The number of pyridine rings is 1. The predicted molar refractivity (Wildman–Crippen MR) is 84.9 cm³/mol. The molecule has 2 bridgehead atoms. The number of rotatable bonds is 4. The summed E-state index contributed by atoms with van der Waals surface area (Å²) in [5, 5.41) is 0. The van der Waals surface area contributed by atoms with Crippen LogP contribution in [0.4, 0.5) is 10.3 Å². The molecule has 2 fully saturated rings. The largest absolute Gasteiger partial charge is 0.374 e. The maximum Gasteiger partial charge on any atom is 0.225 e. The summed E-state index contributed by atoms with van der Waals surface area (Å²) in [6.07, 6.45) is 7.87. The van der Waals surface area contributed by atoms with E-state index in [-0.39, 0.29) is 18.2 Å². The van der Waals surface area contributed by atoms with Gasteiger partial charge in [-0.3, -0.25) is 4.98 Å². The number of hydrogen-bond donors (Lipinski definition) is 0. The van der Waals surface area contributed by atoms with Gasteiger partial charge in [0, 0.05) is 18.9 Å². The molecule has 6 nitrogen and oxygen atoms in total. The molecule has 0 spiro atoms. The Labute approximate surface area is 139 Å². The van der Waals surface area contributed by atoms with Gasteiger partial charge >= 0.3 is 0 Å². The summed E-state index contributed by atoms with van der Waals surface area (Å²) >= 11 is 0. The van der Waals surface area contributed by atoms with Gasteiger partial charge in [0.15, 0.2) is 5.82 Å². The van der Waals surface area contributed by atoms with E-state index in [2.05, 4.69) is 19.9 Å². The molecule has 1 saturated heterocycles. The molecular weight excluding hydrogens is 311 g/mol. The average molecular weight is 330 g/mol. The average Bonchev–Trinajstić information content (AvgIpc) is 2.91. The van der Waals surface area contributed by atoms with Crippen molar-refractivity contribution in [2.24, 2.45) is 0 Å². The van der Waals surface area contributed by atoms with Crippen LogP contribution in [0.1, 0.15) is 18.4 Å². The Hall–Kier alpha value is -2.12. The molecule has 2 aromatic rings. The molecular formula is C17H19FN4O2. The highest BCUT2D eigenvalue weighted by atomic mass is 19.1. The Balaban J connectivity index is 1.52. The van der Waals surface area contributed by atoms with E-state index in [9.17, 15) is 4.39 Å². The molecule has 7 heteroatoms. The second kappa shape index (κ2) is 6.78. The maximum absolute atomic E-state index is 13.1. The Morgan fingerprint density at radius 2 is 2.12 bits per heavy atom. The molecule has 4 rings (SSSR count). The van der Waals surface area contributed by atoms with E-state index in [0.717, 1.165) is 18.4 Å². The fraction of sp³-hybridized carbons (Fsp3) is 0.471. The van der Waals surface area contributed by atoms with E-state index in [4.69, 9.17) is 9.47 Å². The van der Waals surface area contributed by atoms with Crippen LogP contribution in [-0.4, -0.2) is 46.4 Å². The highest BCUT2D eigenvalue weighted by Gasteiger charge is 2.44. The first-order valence-corrected chi connectivity index (χ1v) is 8.17. The van der Waals surface area contributed by atoms with E-state index < -0.39 is 5.82 Å². The van der Waals surface area contributed by atoms with E-state index in [1.54, 1.807) is 12.4 Å². The van der Waals surface area contributed by atoms with Gasteiger partial charge in [-0.25, -0.2) is 14.4 Å². The van der Waals surface area contributed by atoms with Gasteiger partial charge in [0.05, 0.1) is 37.8 Å². The van der Waals surface area contributed by atoms with E-state index in [1.165, 1.54) is 12.4 Å². The Kier molecular flexibility index (Phi) is 4.36. The van der Waals surface area contributed by atoms with Crippen LogP contribution in [0.15, 0.2) is 36.9 Å². The smallest absolute Gasteiger partial charge is 0.225 e. The lowest BCUT2D eigenvalue weighted by molar-refractivity contribution is -0.0555. The standard InChI is InChI=1S/C17H19FN4O2/c18-13-9-20-17(21-10-13)22-6-7-23-15-4-3-14(22)16(15)24-11-12-2-1-5-19-8-12/h1-2,5,8-10,14-16H,3-4,6-7,11H2/t14-,15-,16-/m0/s1. The van der Waals surface area contributed by atoms with Crippen LogP contribution in [0.2, 0.25) is 0 Å². The van der Waals surface area contributed by atoms with Crippen LogP contribution in [0, 0.1) is 5.82 Å². The molecule has 3 atom stereocenters. The van der Waals surface area contributed by atoms with Gasteiger partial charge in [0.25, 0.3) is 0 Å². The molecule has 24 heavy (non-hydrogen) atoms. The van der Waals surface area contributed by atoms with Crippen molar-refractivity contribution in [2.45, 2.75) is 37.7 Å². The Bertz CT molecular complexity index is 670. The zero-order chi connectivity index (χ0) is 16.4. The number of nitrogens with zero attached hydrogens (tertiary/aromatic N) is 4. The number of halogens is 1. The lowest BCUT2D eigenvalue weighted by Crippen LogP contribution is -2.44. The molecule has 1 aliphatic carbocycles. The van der Waals surface area contributed by atoms with Crippen molar-refractivity contribution in [2.75, 3.05) is 18.1 Å². The van der Waals surface area contributed by atoms with Crippen LogP contribution in [-0.2, 0) is 16.1 Å². The summed E-state index contributed by atoms with van der Waals surface area (Å²) in [6, 6.07) is 4.03. The van der Waals surface area contributed by atoms with E-state index in [0.29, 0.717) is 25.7 Å². The molecule has 2 aromatic heterocycles. The molecule has 0 unspecified atom stereocenters. The molecule has 0 N–H and O–H groups in total. The topological polar surface area (TPSA) is 60.4 Å². The third-order valence-corrected chi connectivity index (χ3v) is 4.59. The minimum Gasteiger partial charge on any atom is -0.374 e. The number of fused-ring (bicyclic) bond motifs is 2. The van der Waals surface area contributed by atoms with Crippen molar-refractivity contribution >= 4 is 5.95 Å². The monoisotopic (exact) mass is 330 g/mol. The first-order valence-electron chi connectivity index (χ1n) is 8.17. The Morgan fingerprint density at radius 3 is 2.92 bits per heavy atom. The zero-order valence-corrected chi connectivity index (χ0v) is 13.2. The first kappa shape index (κ1) is 15.4. The molecule has 0 radical (unpaired) electrons. The SMILES string of the molecule is Fc1cnc(N2CCO[C@H]3CC[C@H]2[C@@H]3OCc2cccnc2)nc1. The van der Waals surface area contributed by atoms with Crippen LogP contribution in [0.5, 0.6) is 0 Å². The summed E-state index contributed by atoms with van der Waals surface area (Å²) in [5.74, 6) is 0.0982. The van der Waals surface area contributed by atoms with Crippen molar-refractivity contribution in [3.8, 4) is 0 Å². The fourth-order valence-corrected chi connectivity index (χ4v) is 3.49. The molecule has 0 aromatic carbocycles. The van der Waals surface area contributed by atoms with Crippen molar-refractivity contribution < 1.29 is 13.9 Å². The number of aromatic nitrogens is 3. The maximum atomic E-state index is 13.1. The molecule has 126 valence electrons. The molecule has 0 amide bonds. The summed E-state index contributed by atoms with van der Waals surface area (Å²) in [6.45, 7) is 1.77. The van der Waals surface area contributed by atoms with Gasteiger partial charge in [0.1, 0.15) is 6.10 Å². The van der Waals surface area contributed by atoms with Gasteiger partial charge in [-0.15, -0.1) is 0 Å². The fourth-order valence-electron chi connectivity index (χ4n) is 3.49. The first-order chi connectivity index (χ1) is 11.8. The predicted octanol–water partition coefficient (Wildman–Crippen LogP) is 1.96. The van der Waals surface area contributed by atoms with Crippen molar-refractivity contribution in [1.82, 2.24) is 15.0 Å². The van der Waals surface area contributed by atoms with Crippen molar-refractivity contribution in [1.29, 1.82) is 0 Å². The quantitative estimate of drug-likeness (QED) is 0.854. The minimum absolute atomic E-state index is 0.0543. The second-order valence-electron chi connectivity index (χ2n) is 6.09. The minimum atomic E-state index is -0.432. The zero-order valence-electron chi connectivity index (χ0n) is 13.2. The van der Waals surface area contributed by atoms with E-state index in [1.807, 2.05) is 12.1 Å². The summed E-state index contributed by atoms with van der Waals surface area (Å²) in [5.41, 5.74) is 1.03. The van der Waals surface area contributed by atoms with Crippen LogP contribution in [0.25, 0.3) is 0 Å². The molecule has 3 heterocycles. The third kappa shape index (κ3) is 3.09. The summed E-state index contributed by atoms with van der Waals surface area (Å²) < 4.78 is 25.2. The van der Waals surface area contributed by atoms with Gasteiger partial charge in [0.2, 0.25) is 5.95 Å². The third-order valence-electron chi connectivity index (χ3n) is 4.59. The van der Waals surface area contributed by atoms with Crippen molar-refractivity contribution in [3.63, 3.8) is 0 Å². The van der Waals surface area contributed by atoms with Gasteiger partial charge in [-0.05, 0) is 24.5 Å². The summed E-state index contributed by atoms with van der Waals surface area (Å²) in [4.78, 5) is 14.5. The normalized spacial score (nSPS) is 26.4. The van der Waals surface area contributed by atoms with Crippen molar-refractivity contribution in [3.05, 3.63) is 48.3 Å². The second-order valence-corrected chi connectivity index (χ2v) is 6.09. The molecule has 1 saturated carbocycles. The van der Waals surface area contributed by atoms with Gasteiger partial charge in [-0.1, -0.05) is 6.07 Å². The lowest BCUT2D eigenvalue weighted by atomic mass is 10.1. The van der Waals surface area contributed by atoms with Crippen LogP contribution >= 0.6 is 0 Å².